The summed E-state index contributed by atoms with van der Waals surface area (Å²) in [6.45, 7) is 3.83. The number of carbonyl (C=O) groups excluding carboxylic acids is 2. The number of anilines is 1. The van der Waals surface area contributed by atoms with Crippen LogP contribution in [-0.4, -0.2) is 88.3 Å². The van der Waals surface area contributed by atoms with E-state index >= 15 is 0 Å². The highest BCUT2D eigenvalue weighted by Crippen LogP contribution is 2.28. The van der Waals surface area contributed by atoms with E-state index in [0.717, 1.165) is 11.1 Å². The van der Waals surface area contributed by atoms with Crippen molar-refractivity contribution >= 4 is 38.3 Å². The van der Waals surface area contributed by atoms with Crippen LogP contribution in [-0.2, 0) is 26.2 Å². The molecule has 0 bridgehead atoms. The second-order valence-electron chi connectivity index (χ2n) is 9.08. The number of amides is 1. The summed E-state index contributed by atoms with van der Waals surface area (Å²) in [5.41, 5.74) is 1.53. The van der Waals surface area contributed by atoms with Crippen LogP contribution in [0.5, 0.6) is 0 Å². The highest BCUT2D eigenvalue weighted by atomic mass is 32.2. The third kappa shape index (κ3) is 4.67. The minimum Gasteiger partial charge on any atom is -0.367 e. The van der Waals surface area contributed by atoms with Crippen LogP contribution in [0.3, 0.4) is 0 Å². The van der Waals surface area contributed by atoms with Crippen LogP contribution >= 0.6 is 0 Å². The quantitative estimate of drug-likeness (QED) is 0.475. The maximum Gasteiger partial charge on any atom is 0.282 e. The van der Waals surface area contributed by atoms with Crippen LogP contribution in [0.25, 0.3) is 10.9 Å². The molecule has 1 aromatic carbocycles. The van der Waals surface area contributed by atoms with E-state index in [9.17, 15) is 22.4 Å². The second-order valence-corrected chi connectivity index (χ2v) is 10.9. The van der Waals surface area contributed by atoms with Gasteiger partial charge in [-0.3, -0.25) is 14.6 Å². The SMILES string of the molecule is CC(=O)Cn1cnc(S(=O)(=O)N2CC[C@H](C(=O)N3CCN(c4ccnc5cc(F)ccc45)CC3)C2)n1. The van der Waals surface area contributed by atoms with Crippen molar-refractivity contribution in [2.24, 2.45) is 5.92 Å². The van der Waals surface area contributed by atoms with Gasteiger partial charge in [-0.15, -0.1) is 5.10 Å². The van der Waals surface area contributed by atoms with E-state index < -0.39 is 15.9 Å². The first-order chi connectivity index (χ1) is 17.2. The molecule has 0 spiro atoms. The summed E-state index contributed by atoms with van der Waals surface area (Å²) < 4.78 is 41.9. The van der Waals surface area contributed by atoms with E-state index in [4.69, 9.17) is 0 Å². The van der Waals surface area contributed by atoms with E-state index in [2.05, 4.69) is 20.0 Å². The molecule has 2 aliphatic heterocycles. The Morgan fingerprint density at radius 1 is 1.08 bits per heavy atom. The van der Waals surface area contributed by atoms with Crippen molar-refractivity contribution in [3.63, 3.8) is 0 Å². The number of rotatable bonds is 6. The number of nitrogens with zero attached hydrogens (tertiary/aromatic N) is 7. The first-order valence-electron chi connectivity index (χ1n) is 11.7. The van der Waals surface area contributed by atoms with E-state index in [-0.39, 0.29) is 42.3 Å². The standard InChI is InChI=1S/C23H26FN7O4S/c1-16(32)13-30-15-26-23(27-30)36(34,35)31-7-5-17(14-31)22(33)29-10-8-28(9-11-29)21-4-6-25-20-12-18(24)2-3-19(20)21/h2-4,6,12,15,17H,5,7-11,13-14H2,1H3/t17-/m0/s1. The Hall–Kier alpha value is -3.45. The lowest BCUT2D eigenvalue weighted by atomic mass is 10.1. The van der Waals surface area contributed by atoms with Crippen LogP contribution in [0.4, 0.5) is 10.1 Å². The normalized spacial score (nSPS) is 19.2. The predicted molar refractivity (Wildman–Crippen MR) is 128 cm³/mol. The minimum atomic E-state index is -3.95. The van der Waals surface area contributed by atoms with Gasteiger partial charge in [-0.25, -0.2) is 22.5 Å². The zero-order valence-corrected chi connectivity index (χ0v) is 20.6. The van der Waals surface area contributed by atoms with Crippen molar-refractivity contribution < 1.29 is 22.4 Å². The fourth-order valence-electron chi connectivity index (χ4n) is 4.77. The van der Waals surface area contributed by atoms with Crippen molar-refractivity contribution in [2.45, 2.75) is 25.0 Å². The Kier molecular flexibility index (Phi) is 6.43. The van der Waals surface area contributed by atoms with Gasteiger partial charge in [0.1, 0.15) is 18.7 Å². The number of fused-ring (bicyclic) bond motifs is 1. The molecular formula is C23H26FN7O4S. The number of hydrogen-bond acceptors (Lipinski definition) is 8. The summed E-state index contributed by atoms with van der Waals surface area (Å²) in [5, 5.41) is 4.41. The molecule has 2 saturated heterocycles. The van der Waals surface area contributed by atoms with Crippen molar-refractivity contribution in [2.75, 3.05) is 44.2 Å². The Labute approximate surface area is 207 Å². The maximum atomic E-state index is 13.6. The summed E-state index contributed by atoms with van der Waals surface area (Å²) in [6, 6.07) is 6.43. The Morgan fingerprint density at radius 3 is 2.61 bits per heavy atom. The first-order valence-corrected chi connectivity index (χ1v) is 13.1. The fourth-order valence-corrected chi connectivity index (χ4v) is 6.11. The van der Waals surface area contributed by atoms with Gasteiger partial charge in [0.05, 0.1) is 11.4 Å². The van der Waals surface area contributed by atoms with E-state index in [1.54, 1.807) is 17.2 Å². The molecule has 0 saturated carbocycles. The summed E-state index contributed by atoms with van der Waals surface area (Å²) in [7, 11) is -3.95. The van der Waals surface area contributed by atoms with Crippen LogP contribution in [0.1, 0.15) is 13.3 Å². The zero-order chi connectivity index (χ0) is 25.4. The van der Waals surface area contributed by atoms with Crippen molar-refractivity contribution in [3.8, 4) is 0 Å². The maximum absolute atomic E-state index is 13.6. The van der Waals surface area contributed by atoms with Crippen molar-refractivity contribution in [3.05, 3.63) is 42.6 Å². The molecular weight excluding hydrogens is 489 g/mol. The van der Waals surface area contributed by atoms with Gasteiger partial charge >= 0.3 is 0 Å². The highest BCUT2D eigenvalue weighted by Gasteiger charge is 2.39. The van der Waals surface area contributed by atoms with Gasteiger partial charge in [-0.1, -0.05) is 0 Å². The fraction of sp³-hybridized carbons (Fsp3) is 0.435. The monoisotopic (exact) mass is 515 g/mol. The van der Waals surface area contributed by atoms with E-state index in [0.29, 0.717) is 38.1 Å². The van der Waals surface area contributed by atoms with Gasteiger partial charge in [0, 0.05) is 62.6 Å². The minimum absolute atomic E-state index is 0.0538. The Morgan fingerprint density at radius 2 is 1.86 bits per heavy atom. The average molecular weight is 516 g/mol. The molecule has 0 radical (unpaired) electrons. The van der Waals surface area contributed by atoms with Crippen LogP contribution in [0.15, 0.2) is 41.9 Å². The molecule has 0 aliphatic carbocycles. The molecule has 4 heterocycles. The van der Waals surface area contributed by atoms with Gasteiger partial charge in [0.25, 0.3) is 15.2 Å². The molecule has 2 aliphatic rings. The third-order valence-corrected chi connectivity index (χ3v) is 8.24. The van der Waals surface area contributed by atoms with Crippen LogP contribution in [0, 0.1) is 11.7 Å². The average Bonchev–Trinajstić information content (AvgIpc) is 3.54. The molecule has 0 N–H and O–H groups in total. The number of carbonyl (C=O) groups is 2. The third-order valence-electron chi connectivity index (χ3n) is 6.58. The number of aromatic nitrogens is 4. The Balaban J connectivity index is 1.21. The van der Waals surface area contributed by atoms with E-state index in [1.165, 1.54) is 34.4 Å². The molecule has 13 heteroatoms. The second kappa shape index (κ2) is 9.54. The highest BCUT2D eigenvalue weighted by molar-refractivity contribution is 7.89. The summed E-state index contributed by atoms with van der Waals surface area (Å²) in [4.78, 5) is 36.5. The predicted octanol–water partition coefficient (Wildman–Crippen LogP) is 0.914. The molecule has 3 aromatic rings. The van der Waals surface area contributed by atoms with Gasteiger partial charge < -0.3 is 9.80 Å². The smallest absolute Gasteiger partial charge is 0.282 e. The van der Waals surface area contributed by atoms with Crippen molar-refractivity contribution in [1.29, 1.82) is 0 Å². The Bertz CT molecular complexity index is 1420. The van der Waals surface area contributed by atoms with Crippen LogP contribution < -0.4 is 4.90 Å². The van der Waals surface area contributed by atoms with Crippen molar-refractivity contribution in [1.82, 2.24) is 29.0 Å². The molecule has 5 rings (SSSR count). The number of Topliss-reactive ketones (excluding diaryl/α,β-unsaturated/α-hetero) is 1. The van der Waals surface area contributed by atoms with Gasteiger partial charge in [-0.2, -0.15) is 4.31 Å². The van der Waals surface area contributed by atoms with Gasteiger partial charge in [-0.05, 0) is 31.5 Å². The largest absolute Gasteiger partial charge is 0.367 e. The summed E-state index contributed by atoms with van der Waals surface area (Å²) in [5.74, 6) is -1.00. The van der Waals surface area contributed by atoms with Gasteiger partial charge in [0.2, 0.25) is 5.91 Å². The molecule has 190 valence electrons. The lowest BCUT2D eigenvalue weighted by Gasteiger charge is -2.37. The number of piperazine rings is 1. The number of benzene rings is 1. The zero-order valence-electron chi connectivity index (χ0n) is 19.7. The summed E-state index contributed by atoms with van der Waals surface area (Å²) in [6.07, 6.45) is 3.29. The molecule has 2 fully saturated rings. The molecule has 2 aromatic heterocycles. The molecule has 0 unspecified atom stereocenters. The number of ketones is 1. The lowest BCUT2D eigenvalue weighted by Crippen LogP contribution is -2.50. The van der Waals surface area contributed by atoms with E-state index in [1.807, 2.05) is 6.07 Å². The molecule has 1 atom stereocenters. The number of pyridine rings is 1. The molecule has 11 nitrogen and oxygen atoms in total. The number of sulfonamides is 1. The number of halogens is 1. The number of hydrogen-bond donors (Lipinski definition) is 0. The molecule has 36 heavy (non-hydrogen) atoms. The first kappa shape index (κ1) is 24.3. The lowest BCUT2D eigenvalue weighted by molar-refractivity contribution is -0.135. The van der Waals surface area contributed by atoms with Gasteiger partial charge in [0.15, 0.2) is 5.78 Å². The summed E-state index contributed by atoms with van der Waals surface area (Å²) >= 11 is 0. The molecule has 1 amide bonds. The topological polar surface area (TPSA) is 122 Å². The van der Waals surface area contributed by atoms with Crippen LogP contribution in [0.2, 0.25) is 0 Å².